The summed E-state index contributed by atoms with van der Waals surface area (Å²) in [5, 5.41) is 0. The zero-order valence-corrected chi connectivity index (χ0v) is 7.43. The zero-order valence-electron chi connectivity index (χ0n) is 6.43. The van der Waals surface area contributed by atoms with Gasteiger partial charge in [-0.05, 0) is 0 Å². The molecular weight excluding hydrogens is 147 g/mol. The predicted octanol–water partition coefficient (Wildman–Crippen LogP) is 1.71. The van der Waals surface area contributed by atoms with Crippen molar-refractivity contribution in [2.75, 3.05) is 0 Å². The molecule has 1 heterocycles. The second-order valence-corrected chi connectivity index (χ2v) is 8.13. The van der Waals surface area contributed by atoms with E-state index in [0.717, 1.165) is 0 Å². The highest BCUT2D eigenvalue weighted by Crippen LogP contribution is 2.05. The largest absolute Gasteiger partial charge is 0.363 e. The van der Waals surface area contributed by atoms with Crippen LogP contribution in [-0.4, -0.2) is 17.5 Å². The Kier molecular flexibility index (Phi) is 1.64. The lowest BCUT2D eigenvalue weighted by atomic mass is 10.9. The first-order chi connectivity index (χ1) is 4.50. The summed E-state index contributed by atoms with van der Waals surface area (Å²) < 4.78 is 14.2. The van der Waals surface area contributed by atoms with Crippen LogP contribution in [0.2, 0.25) is 19.6 Å². The van der Waals surface area contributed by atoms with Crippen molar-refractivity contribution in [3.63, 3.8) is 0 Å². The summed E-state index contributed by atoms with van der Waals surface area (Å²) in [6, 6.07) is 0. The summed E-state index contributed by atoms with van der Waals surface area (Å²) in [5.41, 5.74) is 0. The van der Waals surface area contributed by atoms with E-state index in [2.05, 4.69) is 24.6 Å². The summed E-state index contributed by atoms with van der Waals surface area (Å²) in [4.78, 5) is 3.51. The van der Waals surface area contributed by atoms with Gasteiger partial charge in [0.05, 0.1) is 12.5 Å². The second kappa shape index (κ2) is 2.19. The minimum atomic E-state index is -1.40. The first-order valence-corrected chi connectivity index (χ1v) is 6.65. The molecule has 0 bridgehead atoms. The van der Waals surface area contributed by atoms with Gasteiger partial charge in [-0.1, -0.05) is 19.6 Å². The van der Waals surface area contributed by atoms with Crippen molar-refractivity contribution in [1.29, 1.82) is 0 Å². The second-order valence-electron chi connectivity index (χ2n) is 3.27. The van der Waals surface area contributed by atoms with Crippen molar-refractivity contribution in [1.82, 2.24) is 9.22 Å². The van der Waals surface area contributed by atoms with Gasteiger partial charge in [-0.15, -0.1) is 0 Å². The van der Waals surface area contributed by atoms with Crippen LogP contribution < -0.4 is 0 Å². The number of nitrogens with zero attached hydrogens (tertiary/aromatic N) is 2. The summed E-state index contributed by atoms with van der Waals surface area (Å²) in [6.45, 7) is 6.40. The Morgan fingerprint density at radius 1 is 1.50 bits per heavy atom. The quantitative estimate of drug-likeness (QED) is 0.569. The van der Waals surface area contributed by atoms with Crippen LogP contribution in [0.25, 0.3) is 0 Å². The molecule has 0 spiro atoms. The Balaban J connectivity index is 2.96. The summed E-state index contributed by atoms with van der Waals surface area (Å²) in [7, 11) is -1.40. The van der Waals surface area contributed by atoms with Gasteiger partial charge in [-0.25, -0.2) is 4.98 Å². The van der Waals surface area contributed by atoms with Gasteiger partial charge in [0.2, 0.25) is 5.95 Å². The minimum absolute atomic E-state index is 0.387. The van der Waals surface area contributed by atoms with Crippen LogP contribution in [0, 0.1) is 5.95 Å². The average Bonchev–Trinajstić information content (AvgIpc) is 2.11. The van der Waals surface area contributed by atoms with E-state index >= 15 is 0 Å². The molecule has 0 N–H and O–H groups in total. The van der Waals surface area contributed by atoms with E-state index in [4.69, 9.17) is 0 Å². The molecular formula is C6H11FN2Si. The molecule has 0 saturated carbocycles. The number of halogens is 1. The Morgan fingerprint density at radius 3 is 2.30 bits per heavy atom. The lowest BCUT2D eigenvalue weighted by Crippen LogP contribution is -2.30. The molecule has 0 aliphatic carbocycles. The lowest BCUT2D eigenvalue weighted by Gasteiger charge is -2.16. The average molecular weight is 158 g/mol. The van der Waals surface area contributed by atoms with Crippen LogP contribution in [0.4, 0.5) is 4.39 Å². The van der Waals surface area contributed by atoms with Crippen molar-refractivity contribution in [2.24, 2.45) is 0 Å². The van der Waals surface area contributed by atoms with E-state index in [1.807, 2.05) is 4.23 Å². The molecule has 0 aliphatic rings. The maximum atomic E-state index is 12.3. The van der Waals surface area contributed by atoms with Gasteiger partial charge in [0.1, 0.15) is 0 Å². The number of aromatic nitrogens is 2. The van der Waals surface area contributed by atoms with Crippen molar-refractivity contribution >= 4 is 8.24 Å². The fraction of sp³-hybridized carbons (Fsp3) is 0.500. The molecule has 10 heavy (non-hydrogen) atoms. The highest BCUT2D eigenvalue weighted by atomic mass is 28.3. The van der Waals surface area contributed by atoms with E-state index in [1.165, 1.54) is 6.20 Å². The van der Waals surface area contributed by atoms with Gasteiger partial charge in [-0.2, -0.15) is 4.39 Å². The van der Waals surface area contributed by atoms with Crippen LogP contribution in [-0.2, 0) is 0 Å². The maximum absolute atomic E-state index is 12.3. The van der Waals surface area contributed by atoms with E-state index in [-0.39, 0.29) is 5.95 Å². The van der Waals surface area contributed by atoms with E-state index in [0.29, 0.717) is 0 Å². The molecule has 2 nitrogen and oxygen atoms in total. The normalized spacial score (nSPS) is 12.0. The van der Waals surface area contributed by atoms with E-state index in [1.54, 1.807) is 6.33 Å². The molecule has 0 radical (unpaired) electrons. The van der Waals surface area contributed by atoms with Crippen molar-refractivity contribution in [3.05, 3.63) is 18.5 Å². The fourth-order valence-electron chi connectivity index (χ4n) is 0.666. The Labute approximate surface area is 60.8 Å². The van der Waals surface area contributed by atoms with Crippen LogP contribution in [0.1, 0.15) is 0 Å². The third-order valence-corrected chi connectivity index (χ3v) is 3.12. The van der Waals surface area contributed by atoms with Gasteiger partial charge >= 0.3 is 0 Å². The van der Waals surface area contributed by atoms with Gasteiger partial charge in [0.15, 0.2) is 8.24 Å². The highest BCUT2D eigenvalue weighted by molar-refractivity contribution is 6.74. The molecule has 1 aromatic rings. The number of imidazole rings is 1. The first kappa shape index (κ1) is 7.46. The Morgan fingerprint density at radius 2 is 2.10 bits per heavy atom. The van der Waals surface area contributed by atoms with Crippen molar-refractivity contribution in [3.8, 4) is 0 Å². The van der Waals surface area contributed by atoms with Gasteiger partial charge < -0.3 is 4.23 Å². The van der Waals surface area contributed by atoms with Crippen molar-refractivity contribution in [2.45, 2.75) is 19.6 Å². The van der Waals surface area contributed by atoms with Crippen LogP contribution in [0.3, 0.4) is 0 Å². The minimum Gasteiger partial charge on any atom is -0.363 e. The molecule has 1 rings (SSSR count). The number of rotatable bonds is 1. The molecule has 0 fully saturated rings. The summed E-state index contributed by atoms with van der Waals surface area (Å²) in [5.74, 6) is -0.387. The molecule has 0 aromatic carbocycles. The van der Waals surface area contributed by atoms with E-state index < -0.39 is 8.24 Å². The molecule has 0 amide bonds. The van der Waals surface area contributed by atoms with Crippen LogP contribution in [0.15, 0.2) is 12.5 Å². The van der Waals surface area contributed by atoms with Gasteiger partial charge in [-0.3, -0.25) is 0 Å². The molecule has 0 saturated heterocycles. The van der Waals surface area contributed by atoms with Crippen LogP contribution in [0.5, 0.6) is 0 Å². The summed E-state index contributed by atoms with van der Waals surface area (Å²) >= 11 is 0. The highest BCUT2D eigenvalue weighted by Gasteiger charge is 2.15. The number of hydrogen-bond acceptors (Lipinski definition) is 1. The van der Waals surface area contributed by atoms with Crippen molar-refractivity contribution < 1.29 is 4.39 Å². The van der Waals surface area contributed by atoms with E-state index in [9.17, 15) is 4.39 Å². The molecule has 56 valence electrons. The predicted molar refractivity (Wildman–Crippen MR) is 40.9 cm³/mol. The van der Waals surface area contributed by atoms with Gasteiger partial charge in [0.25, 0.3) is 0 Å². The topological polar surface area (TPSA) is 17.8 Å². The molecule has 4 heteroatoms. The standard InChI is InChI=1S/C6H11FN2Si/c1-10(2,3)9-4-6(7)8-5-9/h4-5H,1-3H3. The third kappa shape index (κ3) is 1.44. The SMILES string of the molecule is C[Si](C)(C)n1cnc(F)c1. The number of hydrogen-bond donors (Lipinski definition) is 0. The van der Waals surface area contributed by atoms with Gasteiger partial charge in [0, 0.05) is 0 Å². The molecule has 0 aliphatic heterocycles. The monoisotopic (exact) mass is 158 g/mol. The maximum Gasteiger partial charge on any atom is 0.229 e. The molecule has 1 aromatic heterocycles. The first-order valence-electron chi connectivity index (χ1n) is 3.20. The Hall–Kier alpha value is -0.643. The summed E-state index contributed by atoms with van der Waals surface area (Å²) in [6.07, 6.45) is 3.01. The third-order valence-electron chi connectivity index (χ3n) is 1.33. The smallest absolute Gasteiger partial charge is 0.229 e. The zero-order chi connectivity index (χ0) is 7.78. The fourth-order valence-corrected chi connectivity index (χ4v) is 1.56. The molecule has 0 unspecified atom stereocenters. The van der Waals surface area contributed by atoms with Crippen LogP contribution >= 0.6 is 0 Å². The lowest BCUT2D eigenvalue weighted by molar-refractivity contribution is 0.590. The Bertz CT molecular complexity index is 226. The molecule has 0 atom stereocenters.